The molecule has 172 valence electrons. The molecule has 0 unspecified atom stereocenters. The van der Waals surface area contributed by atoms with E-state index in [-0.39, 0.29) is 22.6 Å². The molecule has 33 heavy (non-hydrogen) atoms. The molecular weight excluding hydrogens is 434 g/mol. The van der Waals surface area contributed by atoms with Gasteiger partial charge in [0.1, 0.15) is 17.8 Å². The molecule has 0 heterocycles. The van der Waals surface area contributed by atoms with Crippen LogP contribution in [0, 0.1) is 11.6 Å². The van der Waals surface area contributed by atoms with Crippen LogP contribution in [-0.4, -0.2) is 33.1 Å². The van der Waals surface area contributed by atoms with Gasteiger partial charge in [-0.05, 0) is 36.4 Å². The van der Waals surface area contributed by atoms with Crippen LogP contribution in [0.5, 0.6) is 17.2 Å². The Hall–Kier alpha value is -4.14. The average Bonchev–Trinajstić information content (AvgIpc) is 2.82. The maximum Gasteiger partial charge on any atom is 0.256 e. The number of amides is 2. The van der Waals surface area contributed by atoms with Crippen molar-refractivity contribution in [2.45, 2.75) is 6.17 Å². The normalized spacial score (nSPS) is 10.5. The fraction of sp³-hybridized carbons (Fsp3) is 0.167. The summed E-state index contributed by atoms with van der Waals surface area (Å²) in [6, 6.07) is 13.8. The highest BCUT2D eigenvalue weighted by Crippen LogP contribution is 2.39. The van der Waals surface area contributed by atoms with Gasteiger partial charge in [0.05, 0.1) is 32.5 Å². The first-order chi connectivity index (χ1) is 15.9. The van der Waals surface area contributed by atoms with E-state index in [1.54, 1.807) is 0 Å². The molecular formula is C24H22F2N2O5. The molecule has 0 radical (unpaired) electrons. The van der Waals surface area contributed by atoms with Crippen molar-refractivity contribution in [3.8, 4) is 17.2 Å². The molecule has 0 aromatic heterocycles. The second-order valence-electron chi connectivity index (χ2n) is 6.80. The fourth-order valence-electron chi connectivity index (χ4n) is 3.18. The van der Waals surface area contributed by atoms with Crippen molar-refractivity contribution in [3.05, 3.63) is 89.0 Å². The molecule has 9 heteroatoms. The molecule has 0 spiro atoms. The van der Waals surface area contributed by atoms with E-state index in [1.165, 1.54) is 69.9 Å². The van der Waals surface area contributed by atoms with E-state index in [2.05, 4.69) is 10.6 Å². The zero-order chi connectivity index (χ0) is 24.0. The Bertz CT molecular complexity index is 1080. The van der Waals surface area contributed by atoms with Crippen LogP contribution in [0.4, 0.5) is 8.78 Å². The van der Waals surface area contributed by atoms with Gasteiger partial charge in [0, 0.05) is 5.56 Å². The molecule has 3 rings (SSSR count). The Morgan fingerprint density at radius 3 is 1.52 bits per heavy atom. The molecule has 2 amide bonds. The predicted octanol–water partition coefficient (Wildman–Crippen LogP) is 3.85. The molecule has 0 saturated heterocycles. The predicted molar refractivity (Wildman–Crippen MR) is 117 cm³/mol. The van der Waals surface area contributed by atoms with Crippen LogP contribution in [0.1, 0.15) is 32.4 Å². The molecule has 3 aromatic rings. The highest BCUT2D eigenvalue weighted by molar-refractivity contribution is 5.97. The van der Waals surface area contributed by atoms with E-state index in [0.29, 0.717) is 11.3 Å². The molecule has 0 aliphatic carbocycles. The lowest BCUT2D eigenvalue weighted by molar-refractivity contribution is 0.0879. The Labute approximate surface area is 189 Å². The number of hydrogen-bond donors (Lipinski definition) is 2. The lowest BCUT2D eigenvalue weighted by Crippen LogP contribution is -2.41. The summed E-state index contributed by atoms with van der Waals surface area (Å²) in [7, 11) is 4.25. The van der Waals surface area contributed by atoms with Crippen LogP contribution in [0.2, 0.25) is 0 Å². The van der Waals surface area contributed by atoms with E-state index in [1.807, 2.05) is 0 Å². The van der Waals surface area contributed by atoms with E-state index in [4.69, 9.17) is 14.2 Å². The maximum atomic E-state index is 14.2. The van der Waals surface area contributed by atoms with Crippen LogP contribution in [0.15, 0.2) is 60.7 Å². The number of rotatable bonds is 8. The minimum absolute atomic E-state index is 0.227. The number of methoxy groups -OCH3 is 3. The fourth-order valence-corrected chi connectivity index (χ4v) is 3.18. The third-order valence-corrected chi connectivity index (χ3v) is 4.81. The Morgan fingerprint density at radius 2 is 1.15 bits per heavy atom. The standard InChI is InChI=1S/C24H22F2N2O5/c1-31-19-12-14(13-20(32-2)21(19)33-3)22(27-23(29)15-8-4-6-10-17(15)25)28-24(30)16-9-5-7-11-18(16)26/h4-13,22H,1-3H3,(H,27,29)(H,28,30). The summed E-state index contributed by atoms with van der Waals surface area (Å²) in [5.41, 5.74) is -0.135. The van der Waals surface area contributed by atoms with Crippen molar-refractivity contribution >= 4 is 11.8 Å². The van der Waals surface area contributed by atoms with Gasteiger partial charge in [-0.25, -0.2) is 8.78 Å². The summed E-state index contributed by atoms with van der Waals surface area (Å²) in [5.74, 6) is -2.24. The first-order valence-electron chi connectivity index (χ1n) is 9.80. The molecule has 0 aliphatic rings. The van der Waals surface area contributed by atoms with Crippen LogP contribution in [0.3, 0.4) is 0 Å². The summed E-state index contributed by atoms with van der Waals surface area (Å²) in [4.78, 5) is 25.6. The van der Waals surface area contributed by atoms with Crippen molar-refractivity contribution in [1.29, 1.82) is 0 Å². The topological polar surface area (TPSA) is 85.9 Å². The number of carbonyl (C=O) groups excluding carboxylic acids is 2. The smallest absolute Gasteiger partial charge is 0.256 e. The Balaban J connectivity index is 2.03. The lowest BCUT2D eigenvalue weighted by atomic mass is 10.1. The molecule has 0 bridgehead atoms. The number of ether oxygens (including phenoxy) is 3. The van der Waals surface area contributed by atoms with Crippen molar-refractivity contribution in [1.82, 2.24) is 10.6 Å². The van der Waals surface area contributed by atoms with E-state index >= 15 is 0 Å². The summed E-state index contributed by atoms with van der Waals surface area (Å²) in [6.07, 6.45) is -1.20. The van der Waals surface area contributed by atoms with Crippen molar-refractivity contribution in [2.75, 3.05) is 21.3 Å². The number of nitrogens with one attached hydrogen (secondary N) is 2. The van der Waals surface area contributed by atoms with Crippen molar-refractivity contribution < 1.29 is 32.6 Å². The van der Waals surface area contributed by atoms with Gasteiger partial charge in [-0.15, -0.1) is 0 Å². The van der Waals surface area contributed by atoms with Crippen LogP contribution in [0.25, 0.3) is 0 Å². The van der Waals surface area contributed by atoms with Crippen LogP contribution in [-0.2, 0) is 0 Å². The molecule has 7 nitrogen and oxygen atoms in total. The molecule has 0 aliphatic heterocycles. The monoisotopic (exact) mass is 456 g/mol. The van der Waals surface area contributed by atoms with E-state index < -0.39 is 29.6 Å². The zero-order valence-corrected chi connectivity index (χ0v) is 18.1. The Kier molecular flexibility index (Phi) is 7.45. The van der Waals surface area contributed by atoms with Gasteiger partial charge in [-0.3, -0.25) is 9.59 Å². The molecule has 3 aromatic carbocycles. The molecule has 0 saturated carbocycles. The third kappa shape index (κ3) is 5.20. The van der Waals surface area contributed by atoms with E-state index in [0.717, 1.165) is 12.1 Å². The zero-order valence-electron chi connectivity index (χ0n) is 18.1. The summed E-state index contributed by atoms with van der Waals surface area (Å²) in [6.45, 7) is 0. The van der Waals surface area contributed by atoms with Crippen molar-refractivity contribution in [2.24, 2.45) is 0 Å². The highest BCUT2D eigenvalue weighted by Gasteiger charge is 2.25. The quantitative estimate of drug-likeness (QED) is 0.503. The molecule has 0 fully saturated rings. The Morgan fingerprint density at radius 1 is 0.727 bits per heavy atom. The SMILES string of the molecule is COc1cc(C(NC(=O)c2ccccc2F)NC(=O)c2ccccc2F)cc(OC)c1OC. The summed E-state index contributed by atoms with van der Waals surface area (Å²) >= 11 is 0. The highest BCUT2D eigenvalue weighted by atomic mass is 19.1. The summed E-state index contributed by atoms with van der Waals surface area (Å²) in [5, 5.41) is 5.13. The second kappa shape index (κ2) is 10.4. The minimum atomic E-state index is -1.20. The summed E-state index contributed by atoms with van der Waals surface area (Å²) < 4.78 is 44.3. The van der Waals surface area contributed by atoms with Gasteiger partial charge < -0.3 is 24.8 Å². The average molecular weight is 456 g/mol. The molecule has 0 atom stereocenters. The van der Waals surface area contributed by atoms with Gasteiger partial charge in [-0.1, -0.05) is 24.3 Å². The van der Waals surface area contributed by atoms with Crippen LogP contribution >= 0.6 is 0 Å². The van der Waals surface area contributed by atoms with Crippen molar-refractivity contribution in [3.63, 3.8) is 0 Å². The van der Waals surface area contributed by atoms with Gasteiger partial charge in [-0.2, -0.15) is 0 Å². The van der Waals surface area contributed by atoms with E-state index in [9.17, 15) is 18.4 Å². The lowest BCUT2D eigenvalue weighted by Gasteiger charge is -2.23. The molecule has 2 N–H and O–H groups in total. The first-order valence-corrected chi connectivity index (χ1v) is 9.80. The first kappa shape index (κ1) is 23.5. The van der Waals surface area contributed by atoms with Gasteiger partial charge in [0.15, 0.2) is 11.5 Å². The second-order valence-corrected chi connectivity index (χ2v) is 6.80. The third-order valence-electron chi connectivity index (χ3n) is 4.81. The number of benzene rings is 3. The van der Waals surface area contributed by atoms with Gasteiger partial charge in [0.25, 0.3) is 11.8 Å². The maximum absolute atomic E-state index is 14.2. The number of carbonyl (C=O) groups is 2. The van der Waals surface area contributed by atoms with Gasteiger partial charge >= 0.3 is 0 Å². The number of halogens is 2. The minimum Gasteiger partial charge on any atom is -0.493 e. The largest absolute Gasteiger partial charge is 0.493 e. The number of hydrogen-bond acceptors (Lipinski definition) is 5. The van der Waals surface area contributed by atoms with Crippen LogP contribution < -0.4 is 24.8 Å². The van der Waals surface area contributed by atoms with Gasteiger partial charge in [0.2, 0.25) is 5.75 Å².